The summed E-state index contributed by atoms with van der Waals surface area (Å²) < 4.78 is 7.77. The molecule has 0 aromatic heterocycles. The number of ether oxygens (including phenoxy) is 1. The Hall–Kier alpha value is -1.60. The Morgan fingerprint density at radius 2 is 1.87 bits per heavy atom. The number of hydrogen-bond acceptors (Lipinski definition) is 5. The summed E-state index contributed by atoms with van der Waals surface area (Å²) in [4.78, 5) is 22.7. The number of benzene rings is 1. The van der Waals surface area contributed by atoms with Crippen LogP contribution in [0.1, 0.15) is 43.7 Å². The van der Waals surface area contributed by atoms with E-state index >= 15 is 0 Å². The zero-order valence-corrected chi connectivity index (χ0v) is 13.8. The summed E-state index contributed by atoms with van der Waals surface area (Å²) >= 11 is 1.37. The summed E-state index contributed by atoms with van der Waals surface area (Å²) in [5, 5.41) is 10.8. The highest BCUT2D eigenvalue weighted by atomic mass is 32.2. The van der Waals surface area contributed by atoms with Gasteiger partial charge in [-0.1, -0.05) is 31.2 Å². The molecular formula is C16H20N2O4S. The van der Waals surface area contributed by atoms with Crippen molar-refractivity contribution >= 4 is 23.5 Å². The average molecular weight is 336 g/mol. The van der Waals surface area contributed by atoms with Crippen LogP contribution < -0.4 is 0 Å². The Morgan fingerprint density at radius 1 is 1.22 bits per heavy atom. The third kappa shape index (κ3) is 3.21. The van der Waals surface area contributed by atoms with Gasteiger partial charge < -0.3 is 4.74 Å². The lowest BCUT2D eigenvalue weighted by Crippen LogP contribution is -2.57. The van der Waals surface area contributed by atoms with Crippen molar-refractivity contribution in [2.75, 3.05) is 6.26 Å². The minimum atomic E-state index is -0.466. The Labute approximate surface area is 139 Å². The summed E-state index contributed by atoms with van der Waals surface area (Å²) in [6.45, 7) is 0. The number of β-lactam (4-membered cyclic amide) rings is 1. The lowest BCUT2D eigenvalue weighted by atomic mass is 9.92. The van der Waals surface area contributed by atoms with Gasteiger partial charge in [-0.25, -0.2) is 0 Å². The summed E-state index contributed by atoms with van der Waals surface area (Å²) in [6.07, 6.45) is 7.11. The van der Waals surface area contributed by atoms with Crippen LogP contribution in [0.4, 0.5) is 5.69 Å². The molecule has 0 N–H and O–H groups in total. The average Bonchev–Trinajstić information content (AvgIpc) is 2.58. The molecule has 1 heterocycles. The van der Waals surface area contributed by atoms with Crippen molar-refractivity contribution in [3.05, 3.63) is 39.9 Å². The molecule has 1 saturated heterocycles. The number of hydrogen-bond donors (Lipinski definition) is 0. The van der Waals surface area contributed by atoms with Crippen LogP contribution in [-0.4, -0.2) is 33.6 Å². The van der Waals surface area contributed by atoms with E-state index in [4.69, 9.17) is 4.74 Å². The number of carbonyl (C=O) groups is 1. The highest BCUT2D eigenvalue weighted by molar-refractivity contribution is 7.96. The zero-order chi connectivity index (χ0) is 16.4. The van der Waals surface area contributed by atoms with E-state index in [1.807, 2.05) is 6.26 Å². The normalized spacial score (nSPS) is 25.3. The number of carbonyl (C=O) groups excluding carboxylic acids is 1. The second-order valence-electron chi connectivity index (χ2n) is 5.96. The fourth-order valence-corrected chi connectivity index (χ4v) is 4.03. The lowest BCUT2D eigenvalue weighted by molar-refractivity contribution is -0.384. The molecule has 0 radical (unpaired) electrons. The number of nitrogens with zero attached hydrogens (tertiary/aromatic N) is 2. The number of rotatable bonds is 5. The first-order valence-electron chi connectivity index (χ1n) is 7.89. The van der Waals surface area contributed by atoms with Gasteiger partial charge in [0.15, 0.2) is 6.10 Å². The third-order valence-corrected chi connectivity index (χ3v) is 5.33. The molecule has 124 valence electrons. The molecule has 6 nitrogen and oxygen atoms in total. The lowest BCUT2D eigenvalue weighted by Gasteiger charge is -2.46. The van der Waals surface area contributed by atoms with Gasteiger partial charge in [-0.3, -0.25) is 19.2 Å². The number of nitro benzene ring substituents is 1. The smallest absolute Gasteiger partial charge is 0.269 e. The monoisotopic (exact) mass is 336 g/mol. The molecule has 2 atom stereocenters. The fourth-order valence-electron chi connectivity index (χ4n) is 3.29. The molecule has 2 unspecified atom stereocenters. The summed E-state index contributed by atoms with van der Waals surface area (Å²) in [5.41, 5.74) is 0.935. The molecule has 3 rings (SSSR count). The Balaban J connectivity index is 1.75. The van der Waals surface area contributed by atoms with Gasteiger partial charge in [-0.15, -0.1) is 0 Å². The predicted octanol–water partition coefficient (Wildman–Crippen LogP) is 3.47. The molecule has 1 aromatic carbocycles. The van der Waals surface area contributed by atoms with Crippen molar-refractivity contribution in [2.45, 2.75) is 50.4 Å². The van der Waals surface area contributed by atoms with Crippen LogP contribution in [0.5, 0.6) is 0 Å². The van der Waals surface area contributed by atoms with Crippen LogP contribution in [0, 0.1) is 10.1 Å². The molecule has 2 aliphatic rings. The van der Waals surface area contributed by atoms with Crippen LogP contribution >= 0.6 is 11.9 Å². The molecule has 1 aliphatic carbocycles. The van der Waals surface area contributed by atoms with E-state index in [-0.39, 0.29) is 23.7 Å². The summed E-state index contributed by atoms with van der Waals surface area (Å²) in [5.74, 6) is -0.00794. The van der Waals surface area contributed by atoms with E-state index < -0.39 is 11.0 Å². The van der Waals surface area contributed by atoms with Crippen LogP contribution in [0.15, 0.2) is 24.3 Å². The van der Waals surface area contributed by atoms with Crippen molar-refractivity contribution in [2.24, 2.45) is 0 Å². The zero-order valence-electron chi connectivity index (χ0n) is 13.0. The number of nitro groups is 1. The fraction of sp³-hybridized carbons (Fsp3) is 0.562. The second-order valence-corrected chi connectivity index (χ2v) is 6.72. The molecule has 1 amide bonds. The van der Waals surface area contributed by atoms with Crippen LogP contribution in [-0.2, 0) is 9.53 Å². The maximum atomic E-state index is 12.3. The van der Waals surface area contributed by atoms with E-state index in [1.165, 1.54) is 30.5 Å². The molecule has 0 bridgehead atoms. The minimum Gasteiger partial charge on any atom is -0.363 e. The molecule has 2 fully saturated rings. The van der Waals surface area contributed by atoms with Crippen molar-refractivity contribution < 1.29 is 14.5 Å². The van der Waals surface area contributed by atoms with Gasteiger partial charge in [-0.05, 0) is 30.5 Å². The van der Waals surface area contributed by atoms with Gasteiger partial charge in [0.1, 0.15) is 6.04 Å². The van der Waals surface area contributed by atoms with Crippen LogP contribution in [0.25, 0.3) is 0 Å². The first-order valence-corrected chi connectivity index (χ1v) is 9.07. The highest BCUT2D eigenvalue weighted by Gasteiger charge is 2.50. The number of non-ortho nitro benzene ring substituents is 1. The van der Waals surface area contributed by atoms with Gasteiger partial charge in [0.2, 0.25) is 0 Å². The summed E-state index contributed by atoms with van der Waals surface area (Å²) in [6, 6.07) is 6.23. The Bertz CT molecular complexity index is 586. The standard InChI is InChI=1S/C16H20N2O4S/c1-23-17-14(11-7-9-12(10-8-11)18(20)21)15(16(17)19)22-13-5-3-2-4-6-13/h7-10,13-15H,2-6H2,1H3. The van der Waals surface area contributed by atoms with E-state index in [1.54, 1.807) is 16.4 Å². The SMILES string of the molecule is CSN1C(=O)C(OC2CCCCC2)C1c1ccc([N+](=O)[O-])cc1. The van der Waals surface area contributed by atoms with Crippen molar-refractivity contribution in [1.29, 1.82) is 0 Å². The minimum absolute atomic E-state index is 0.00794. The Kier molecular flexibility index (Phi) is 4.87. The largest absolute Gasteiger partial charge is 0.363 e. The topological polar surface area (TPSA) is 72.7 Å². The van der Waals surface area contributed by atoms with E-state index in [0.29, 0.717) is 0 Å². The van der Waals surface area contributed by atoms with Gasteiger partial charge in [0, 0.05) is 18.4 Å². The summed E-state index contributed by atoms with van der Waals surface area (Å²) in [7, 11) is 0. The molecule has 7 heteroatoms. The quantitative estimate of drug-likeness (QED) is 0.356. The van der Waals surface area contributed by atoms with Gasteiger partial charge in [-0.2, -0.15) is 0 Å². The number of amides is 1. The maximum Gasteiger partial charge on any atom is 0.269 e. The van der Waals surface area contributed by atoms with Crippen LogP contribution in [0.3, 0.4) is 0 Å². The molecule has 1 saturated carbocycles. The molecule has 1 aromatic rings. The van der Waals surface area contributed by atoms with E-state index in [2.05, 4.69) is 0 Å². The van der Waals surface area contributed by atoms with E-state index in [0.717, 1.165) is 31.2 Å². The third-order valence-electron chi connectivity index (χ3n) is 4.53. The van der Waals surface area contributed by atoms with Crippen LogP contribution in [0.2, 0.25) is 0 Å². The van der Waals surface area contributed by atoms with Crippen molar-refractivity contribution in [3.8, 4) is 0 Å². The maximum absolute atomic E-state index is 12.3. The first kappa shape index (κ1) is 16.3. The highest BCUT2D eigenvalue weighted by Crippen LogP contribution is 2.42. The molecule has 23 heavy (non-hydrogen) atoms. The van der Waals surface area contributed by atoms with Gasteiger partial charge >= 0.3 is 0 Å². The second kappa shape index (κ2) is 6.88. The van der Waals surface area contributed by atoms with Crippen molar-refractivity contribution in [3.63, 3.8) is 0 Å². The van der Waals surface area contributed by atoms with Gasteiger partial charge in [0.05, 0.1) is 11.0 Å². The van der Waals surface area contributed by atoms with E-state index in [9.17, 15) is 14.9 Å². The first-order chi connectivity index (χ1) is 11.1. The molecule has 0 spiro atoms. The molecular weight excluding hydrogens is 316 g/mol. The molecule has 1 aliphatic heterocycles. The Morgan fingerprint density at radius 3 is 2.43 bits per heavy atom. The predicted molar refractivity (Wildman–Crippen MR) is 87.9 cm³/mol. The van der Waals surface area contributed by atoms with Gasteiger partial charge in [0.25, 0.3) is 11.6 Å². The van der Waals surface area contributed by atoms with Crippen molar-refractivity contribution in [1.82, 2.24) is 4.31 Å².